The highest BCUT2D eigenvalue weighted by Gasteiger charge is 2.28. The van der Waals surface area contributed by atoms with Crippen molar-refractivity contribution < 1.29 is 19.4 Å². The number of carboxylic acid groups (broad SMARTS) is 1. The highest BCUT2D eigenvalue weighted by molar-refractivity contribution is 5.99. The summed E-state index contributed by atoms with van der Waals surface area (Å²) < 4.78 is 5.57. The summed E-state index contributed by atoms with van der Waals surface area (Å²) in [5, 5.41) is 18.8. The summed E-state index contributed by atoms with van der Waals surface area (Å²) in [6, 6.07) is 5.45. The number of hydrogen-bond donors (Lipinski definition) is 3. The predicted octanol–water partition coefficient (Wildman–Crippen LogP) is 2.54. The largest absolute Gasteiger partial charge is 0.488 e. The third-order valence-corrected chi connectivity index (χ3v) is 3.60. The fraction of sp³-hybridized carbons (Fsp3) is 0.278. The second-order valence-electron chi connectivity index (χ2n) is 5.83. The number of amides is 1. The number of aromatic amines is 1. The Bertz CT molecular complexity index is 791. The number of nitrogens with one attached hydrogen (secondary N) is 2. The normalized spacial score (nSPS) is 11.6. The molecule has 0 saturated carbocycles. The number of para-hydroxylation sites is 1. The molecule has 0 fully saturated rings. The number of H-pyrrole nitrogens is 1. The summed E-state index contributed by atoms with van der Waals surface area (Å²) in [4.78, 5) is 24.3. The lowest BCUT2D eigenvalue weighted by molar-refractivity contribution is -0.139. The van der Waals surface area contributed by atoms with Crippen LogP contribution >= 0.6 is 0 Å². The molecule has 0 aliphatic carbocycles. The average Bonchev–Trinajstić information content (AvgIpc) is 2.89. The zero-order valence-electron chi connectivity index (χ0n) is 14.4. The second-order valence-corrected chi connectivity index (χ2v) is 5.83. The minimum atomic E-state index is -1.21. The molecule has 0 spiro atoms. The number of aliphatic carboxylic acids is 1. The van der Waals surface area contributed by atoms with Gasteiger partial charge in [0.25, 0.3) is 5.91 Å². The highest BCUT2D eigenvalue weighted by Crippen LogP contribution is 2.23. The van der Waals surface area contributed by atoms with Gasteiger partial charge in [-0.05, 0) is 38.5 Å². The summed E-state index contributed by atoms with van der Waals surface area (Å²) in [6.45, 7) is 9.23. The van der Waals surface area contributed by atoms with Crippen molar-refractivity contribution in [3.8, 4) is 5.75 Å². The lowest BCUT2D eigenvalue weighted by atomic mass is 10.0. The molecule has 1 aromatic carbocycles. The Kier molecular flexibility index (Phi) is 5.59. The van der Waals surface area contributed by atoms with Gasteiger partial charge in [0.2, 0.25) is 0 Å². The summed E-state index contributed by atoms with van der Waals surface area (Å²) >= 11 is 0. The van der Waals surface area contributed by atoms with Crippen molar-refractivity contribution in [3.63, 3.8) is 0 Å². The number of carboxylic acids is 1. The fourth-order valence-electron chi connectivity index (χ4n) is 2.43. The lowest BCUT2D eigenvalue weighted by Crippen LogP contribution is -2.34. The van der Waals surface area contributed by atoms with Gasteiger partial charge in [-0.15, -0.1) is 0 Å². The van der Waals surface area contributed by atoms with E-state index >= 15 is 0 Å². The Hall–Kier alpha value is -3.09. The molecule has 7 nitrogen and oxygen atoms in total. The van der Waals surface area contributed by atoms with E-state index in [1.165, 1.54) is 0 Å². The zero-order valence-corrected chi connectivity index (χ0v) is 14.4. The van der Waals surface area contributed by atoms with E-state index < -0.39 is 17.9 Å². The summed E-state index contributed by atoms with van der Waals surface area (Å²) in [5.41, 5.74) is 2.63. The Morgan fingerprint density at radius 1 is 1.36 bits per heavy atom. The first-order valence-electron chi connectivity index (χ1n) is 7.72. The van der Waals surface area contributed by atoms with Crippen LogP contribution in [-0.2, 0) is 4.79 Å². The van der Waals surface area contributed by atoms with Gasteiger partial charge in [-0.3, -0.25) is 9.89 Å². The molecule has 1 atom stereocenters. The van der Waals surface area contributed by atoms with Gasteiger partial charge >= 0.3 is 5.97 Å². The van der Waals surface area contributed by atoms with Crippen molar-refractivity contribution in [1.82, 2.24) is 15.5 Å². The van der Waals surface area contributed by atoms with Crippen LogP contribution in [0.4, 0.5) is 0 Å². The van der Waals surface area contributed by atoms with Gasteiger partial charge in [0.15, 0.2) is 6.04 Å². The summed E-state index contributed by atoms with van der Waals surface area (Å²) in [5.74, 6) is -1.33. The van der Waals surface area contributed by atoms with Gasteiger partial charge in [0.1, 0.15) is 12.4 Å². The van der Waals surface area contributed by atoms with Crippen LogP contribution in [0.25, 0.3) is 0 Å². The van der Waals surface area contributed by atoms with E-state index in [0.717, 1.165) is 5.57 Å². The Labute approximate surface area is 145 Å². The van der Waals surface area contributed by atoms with Gasteiger partial charge in [-0.25, -0.2) is 4.79 Å². The van der Waals surface area contributed by atoms with Crippen LogP contribution in [0.1, 0.15) is 40.3 Å². The number of carbonyl (C=O) groups excluding carboxylic acids is 1. The smallest absolute Gasteiger partial charge is 0.331 e. The molecule has 2 rings (SSSR count). The number of aromatic nitrogens is 2. The van der Waals surface area contributed by atoms with E-state index in [-0.39, 0.29) is 12.2 Å². The molecular formula is C18H21N3O4. The molecule has 1 aromatic heterocycles. The molecule has 0 aliphatic rings. The zero-order chi connectivity index (χ0) is 18.6. The van der Waals surface area contributed by atoms with Crippen molar-refractivity contribution in [2.24, 2.45) is 0 Å². The molecule has 0 unspecified atom stereocenters. The topological polar surface area (TPSA) is 104 Å². The Morgan fingerprint density at radius 2 is 2.04 bits per heavy atom. The van der Waals surface area contributed by atoms with Gasteiger partial charge in [-0.2, -0.15) is 5.10 Å². The van der Waals surface area contributed by atoms with E-state index in [9.17, 15) is 14.7 Å². The quantitative estimate of drug-likeness (QED) is 0.670. The maximum absolute atomic E-state index is 12.6. The maximum Gasteiger partial charge on any atom is 0.331 e. The van der Waals surface area contributed by atoms with Crippen LogP contribution < -0.4 is 10.1 Å². The molecule has 0 radical (unpaired) electrons. The summed E-state index contributed by atoms with van der Waals surface area (Å²) in [6.07, 6.45) is 0. The van der Waals surface area contributed by atoms with Gasteiger partial charge in [-0.1, -0.05) is 18.7 Å². The molecule has 1 heterocycles. The molecule has 2 aromatic rings. The number of hydrogen-bond acceptors (Lipinski definition) is 4. The van der Waals surface area contributed by atoms with Crippen LogP contribution in [0, 0.1) is 13.8 Å². The highest BCUT2D eigenvalue weighted by atomic mass is 16.5. The van der Waals surface area contributed by atoms with Gasteiger partial charge in [0.05, 0.1) is 11.3 Å². The molecular weight excluding hydrogens is 322 g/mol. The minimum Gasteiger partial charge on any atom is -0.488 e. The molecule has 132 valence electrons. The summed E-state index contributed by atoms with van der Waals surface area (Å²) in [7, 11) is 0. The molecule has 3 N–H and O–H groups in total. The first-order chi connectivity index (χ1) is 11.8. The van der Waals surface area contributed by atoms with Crippen molar-refractivity contribution in [2.75, 3.05) is 6.61 Å². The number of nitrogens with zero attached hydrogens (tertiary/aromatic N) is 1. The van der Waals surface area contributed by atoms with E-state index in [1.807, 2.05) is 6.92 Å². The number of rotatable bonds is 7. The molecule has 25 heavy (non-hydrogen) atoms. The number of ether oxygens (including phenoxy) is 1. The monoisotopic (exact) mass is 343 g/mol. The maximum atomic E-state index is 12.6. The Morgan fingerprint density at radius 3 is 2.60 bits per heavy atom. The molecule has 1 amide bonds. The molecule has 0 bridgehead atoms. The van der Waals surface area contributed by atoms with Crippen molar-refractivity contribution in [2.45, 2.75) is 26.8 Å². The number of carbonyl (C=O) groups is 2. The first-order valence-corrected chi connectivity index (χ1v) is 7.72. The molecule has 7 heteroatoms. The second kappa shape index (κ2) is 7.65. The average molecular weight is 343 g/mol. The number of benzene rings is 1. The Balaban J connectivity index is 2.28. The van der Waals surface area contributed by atoms with E-state index in [4.69, 9.17) is 4.74 Å². The third-order valence-electron chi connectivity index (χ3n) is 3.60. The number of aryl methyl sites for hydroxylation is 2. The van der Waals surface area contributed by atoms with Crippen LogP contribution in [-0.4, -0.2) is 33.8 Å². The van der Waals surface area contributed by atoms with Crippen LogP contribution in [0.5, 0.6) is 5.75 Å². The lowest BCUT2D eigenvalue weighted by Gasteiger charge is -2.17. The molecule has 0 saturated heterocycles. The van der Waals surface area contributed by atoms with Gasteiger partial charge in [0, 0.05) is 11.3 Å². The molecule has 0 aliphatic heterocycles. The van der Waals surface area contributed by atoms with E-state index in [0.29, 0.717) is 22.7 Å². The fourth-order valence-corrected chi connectivity index (χ4v) is 2.43. The SMILES string of the molecule is C=C(C)COc1ccccc1C(=O)N[C@H](C(=O)O)c1c(C)n[nH]c1C. The van der Waals surface area contributed by atoms with Crippen LogP contribution in [0.3, 0.4) is 0 Å². The predicted molar refractivity (Wildman–Crippen MR) is 92.7 cm³/mol. The third kappa shape index (κ3) is 4.26. The van der Waals surface area contributed by atoms with Crippen molar-refractivity contribution in [3.05, 3.63) is 58.9 Å². The van der Waals surface area contributed by atoms with Crippen molar-refractivity contribution in [1.29, 1.82) is 0 Å². The van der Waals surface area contributed by atoms with Crippen molar-refractivity contribution >= 4 is 11.9 Å². The minimum absolute atomic E-state index is 0.258. The van der Waals surface area contributed by atoms with E-state index in [1.54, 1.807) is 38.1 Å². The van der Waals surface area contributed by atoms with Gasteiger partial charge < -0.3 is 15.2 Å². The first kappa shape index (κ1) is 18.3. The van der Waals surface area contributed by atoms with Crippen LogP contribution in [0.2, 0.25) is 0 Å². The standard InChI is InChI=1S/C18H21N3O4/c1-10(2)9-25-14-8-6-5-7-13(14)17(22)19-16(18(23)24)15-11(3)20-21-12(15)4/h5-8,16H,1,9H2,2-4H3,(H,19,22)(H,20,21)(H,23,24)/t16-/m0/s1. The van der Waals surface area contributed by atoms with Crippen LogP contribution in [0.15, 0.2) is 36.4 Å². The van der Waals surface area contributed by atoms with E-state index in [2.05, 4.69) is 22.1 Å².